The molecule has 1 N–H and O–H groups in total. The Hall–Kier alpha value is -2.50. The molecule has 0 unspecified atom stereocenters. The van der Waals surface area contributed by atoms with Crippen molar-refractivity contribution in [3.8, 4) is 5.75 Å². The van der Waals surface area contributed by atoms with E-state index in [1.165, 1.54) is 12.1 Å². The summed E-state index contributed by atoms with van der Waals surface area (Å²) in [4.78, 5) is 0. The van der Waals surface area contributed by atoms with Gasteiger partial charge in [0.25, 0.3) is 0 Å². The van der Waals surface area contributed by atoms with Crippen molar-refractivity contribution >= 4 is 11.9 Å². The number of nitrogens with one attached hydrogen (secondary N) is 1. The summed E-state index contributed by atoms with van der Waals surface area (Å²) in [5.74, 6) is 0.755. The molecule has 0 saturated carbocycles. The molecule has 0 saturated heterocycles. The Kier molecular flexibility index (Phi) is 5.62. The van der Waals surface area contributed by atoms with Crippen LogP contribution in [0, 0.1) is 0 Å². The summed E-state index contributed by atoms with van der Waals surface area (Å²) in [6.07, 6.45) is -1.83. The number of alkyl halides is 3. The molecule has 23 heavy (non-hydrogen) atoms. The Morgan fingerprint density at radius 3 is 2.52 bits per heavy atom. The van der Waals surface area contributed by atoms with Crippen LogP contribution in [0.5, 0.6) is 5.75 Å². The Balaban J connectivity index is 1.96. The van der Waals surface area contributed by atoms with Crippen LogP contribution in [0.15, 0.2) is 53.6 Å². The molecular formula is C17H17F3N2O. The molecule has 2 rings (SSSR count). The van der Waals surface area contributed by atoms with Gasteiger partial charge >= 0.3 is 6.18 Å². The standard InChI is InChI=1S/C17H17F3N2O/c1-2-10-23-16-5-3-4-13(11-16)12-21-22-15-8-6-14(7-9-15)17(18,19)20/h3-9,11-12,22H,2,10H2,1H3. The zero-order valence-corrected chi connectivity index (χ0v) is 12.6. The summed E-state index contributed by atoms with van der Waals surface area (Å²) >= 11 is 0. The highest BCUT2D eigenvalue weighted by atomic mass is 19.4. The number of ether oxygens (including phenoxy) is 1. The number of hydrogen-bond acceptors (Lipinski definition) is 3. The Morgan fingerprint density at radius 2 is 1.87 bits per heavy atom. The van der Waals surface area contributed by atoms with E-state index in [0.717, 1.165) is 29.9 Å². The molecule has 0 aliphatic heterocycles. The first kappa shape index (κ1) is 16.9. The van der Waals surface area contributed by atoms with Gasteiger partial charge in [-0.05, 0) is 48.4 Å². The first-order valence-corrected chi connectivity index (χ1v) is 7.18. The van der Waals surface area contributed by atoms with Crippen LogP contribution in [0.2, 0.25) is 0 Å². The highest BCUT2D eigenvalue weighted by Gasteiger charge is 2.29. The quantitative estimate of drug-likeness (QED) is 0.603. The monoisotopic (exact) mass is 322 g/mol. The Labute approximate surface area is 132 Å². The molecule has 0 aliphatic carbocycles. The SMILES string of the molecule is CCCOc1cccc(C=NNc2ccc(C(F)(F)F)cc2)c1. The van der Waals surface area contributed by atoms with Crippen molar-refractivity contribution in [2.24, 2.45) is 5.10 Å². The fourth-order valence-electron chi connectivity index (χ4n) is 1.82. The van der Waals surface area contributed by atoms with Crippen LogP contribution in [-0.2, 0) is 6.18 Å². The van der Waals surface area contributed by atoms with Gasteiger partial charge in [-0.25, -0.2) is 0 Å². The van der Waals surface area contributed by atoms with E-state index in [0.29, 0.717) is 12.3 Å². The maximum atomic E-state index is 12.5. The van der Waals surface area contributed by atoms with Crippen LogP contribution < -0.4 is 10.2 Å². The van der Waals surface area contributed by atoms with Gasteiger partial charge in [-0.3, -0.25) is 5.43 Å². The molecule has 0 amide bonds. The van der Waals surface area contributed by atoms with Crippen LogP contribution >= 0.6 is 0 Å². The van der Waals surface area contributed by atoms with Gasteiger partial charge in [0.05, 0.1) is 24.1 Å². The molecule has 2 aromatic carbocycles. The van der Waals surface area contributed by atoms with Gasteiger partial charge in [0.2, 0.25) is 0 Å². The van der Waals surface area contributed by atoms with Crippen molar-refractivity contribution in [1.29, 1.82) is 0 Å². The van der Waals surface area contributed by atoms with Gasteiger partial charge in [-0.1, -0.05) is 19.1 Å². The number of hydrazone groups is 1. The highest BCUT2D eigenvalue weighted by molar-refractivity contribution is 5.80. The van der Waals surface area contributed by atoms with E-state index in [-0.39, 0.29) is 0 Å². The average Bonchev–Trinajstić information content (AvgIpc) is 2.53. The topological polar surface area (TPSA) is 33.6 Å². The molecule has 0 aromatic heterocycles. The minimum atomic E-state index is -4.33. The van der Waals surface area contributed by atoms with E-state index < -0.39 is 11.7 Å². The van der Waals surface area contributed by atoms with Crippen LogP contribution in [0.1, 0.15) is 24.5 Å². The van der Waals surface area contributed by atoms with Crippen molar-refractivity contribution in [1.82, 2.24) is 0 Å². The second-order valence-electron chi connectivity index (χ2n) is 4.87. The second kappa shape index (κ2) is 7.67. The van der Waals surface area contributed by atoms with E-state index in [9.17, 15) is 13.2 Å². The van der Waals surface area contributed by atoms with Crippen LogP contribution in [0.25, 0.3) is 0 Å². The summed E-state index contributed by atoms with van der Waals surface area (Å²) in [6, 6.07) is 12.1. The molecule has 0 spiro atoms. The number of rotatable bonds is 6. The predicted molar refractivity (Wildman–Crippen MR) is 84.9 cm³/mol. The lowest BCUT2D eigenvalue weighted by Gasteiger charge is -2.07. The predicted octanol–water partition coefficient (Wildman–Crippen LogP) is 4.94. The molecule has 0 atom stereocenters. The number of hydrogen-bond donors (Lipinski definition) is 1. The van der Waals surface area contributed by atoms with Gasteiger partial charge in [0.1, 0.15) is 5.75 Å². The van der Waals surface area contributed by atoms with E-state index in [1.807, 2.05) is 31.2 Å². The van der Waals surface area contributed by atoms with Gasteiger partial charge in [0.15, 0.2) is 0 Å². The summed E-state index contributed by atoms with van der Waals surface area (Å²) < 4.78 is 42.9. The minimum Gasteiger partial charge on any atom is -0.494 e. The number of halogens is 3. The summed E-state index contributed by atoms with van der Waals surface area (Å²) in [6.45, 7) is 2.67. The van der Waals surface area contributed by atoms with Crippen LogP contribution in [0.3, 0.4) is 0 Å². The van der Waals surface area contributed by atoms with E-state index >= 15 is 0 Å². The molecular weight excluding hydrogens is 305 g/mol. The molecule has 0 radical (unpaired) electrons. The lowest BCUT2D eigenvalue weighted by molar-refractivity contribution is -0.137. The lowest BCUT2D eigenvalue weighted by Crippen LogP contribution is -2.04. The van der Waals surface area contributed by atoms with Crippen molar-refractivity contribution in [2.45, 2.75) is 19.5 Å². The average molecular weight is 322 g/mol. The number of benzene rings is 2. The fourth-order valence-corrected chi connectivity index (χ4v) is 1.82. The van der Waals surface area contributed by atoms with Crippen LogP contribution in [0.4, 0.5) is 18.9 Å². The molecule has 0 aliphatic rings. The normalized spacial score (nSPS) is 11.7. The third-order valence-corrected chi connectivity index (χ3v) is 2.95. The van der Waals surface area contributed by atoms with Crippen molar-refractivity contribution in [2.75, 3.05) is 12.0 Å². The third kappa shape index (κ3) is 5.32. The van der Waals surface area contributed by atoms with Gasteiger partial charge in [0, 0.05) is 0 Å². The number of nitrogens with zero attached hydrogens (tertiary/aromatic N) is 1. The maximum Gasteiger partial charge on any atom is 0.416 e. The zero-order chi connectivity index (χ0) is 16.7. The summed E-state index contributed by atoms with van der Waals surface area (Å²) in [5.41, 5.74) is 3.32. The van der Waals surface area contributed by atoms with Gasteiger partial charge < -0.3 is 4.74 Å². The first-order chi connectivity index (χ1) is 11.0. The third-order valence-electron chi connectivity index (χ3n) is 2.95. The molecule has 0 heterocycles. The van der Waals surface area contributed by atoms with Gasteiger partial charge in [-0.2, -0.15) is 18.3 Å². The van der Waals surface area contributed by atoms with E-state index in [4.69, 9.17) is 4.74 Å². The van der Waals surface area contributed by atoms with Gasteiger partial charge in [-0.15, -0.1) is 0 Å². The molecule has 3 nitrogen and oxygen atoms in total. The van der Waals surface area contributed by atoms with Crippen LogP contribution in [-0.4, -0.2) is 12.8 Å². The molecule has 2 aromatic rings. The Morgan fingerprint density at radius 1 is 1.13 bits per heavy atom. The van der Waals surface area contributed by atoms with Crippen molar-refractivity contribution < 1.29 is 17.9 Å². The minimum absolute atomic E-state index is 0.479. The fraction of sp³-hybridized carbons (Fsp3) is 0.235. The highest BCUT2D eigenvalue weighted by Crippen LogP contribution is 2.29. The first-order valence-electron chi connectivity index (χ1n) is 7.18. The largest absolute Gasteiger partial charge is 0.494 e. The second-order valence-corrected chi connectivity index (χ2v) is 4.87. The van der Waals surface area contributed by atoms with Crippen molar-refractivity contribution in [3.63, 3.8) is 0 Å². The summed E-state index contributed by atoms with van der Waals surface area (Å²) in [7, 11) is 0. The molecule has 0 bridgehead atoms. The molecule has 0 fully saturated rings. The van der Waals surface area contributed by atoms with E-state index in [2.05, 4.69) is 10.5 Å². The molecule has 122 valence electrons. The van der Waals surface area contributed by atoms with E-state index in [1.54, 1.807) is 6.21 Å². The molecule has 6 heteroatoms. The zero-order valence-electron chi connectivity index (χ0n) is 12.6. The summed E-state index contributed by atoms with van der Waals surface area (Å²) in [5, 5.41) is 4.01. The maximum absolute atomic E-state index is 12.5. The lowest BCUT2D eigenvalue weighted by atomic mass is 10.2. The number of anilines is 1. The smallest absolute Gasteiger partial charge is 0.416 e. The Bertz CT molecular complexity index is 652. The van der Waals surface area contributed by atoms with Crippen molar-refractivity contribution in [3.05, 3.63) is 59.7 Å².